The molecule has 1 rings (SSSR count). The molecule has 3 heteroatoms. The molecule has 1 saturated carbocycles. The third-order valence-electron chi connectivity index (χ3n) is 3.68. The number of nitriles is 1. The molecule has 3 nitrogen and oxygen atoms in total. The Morgan fingerprint density at radius 3 is 2.60 bits per heavy atom. The van der Waals surface area contributed by atoms with Gasteiger partial charge in [-0.25, -0.2) is 0 Å². The molecule has 15 heavy (non-hydrogen) atoms. The van der Waals surface area contributed by atoms with Crippen molar-refractivity contribution in [1.29, 1.82) is 5.26 Å². The third-order valence-corrected chi connectivity index (χ3v) is 3.68. The number of nitrogens with zero attached hydrogens (tertiary/aromatic N) is 2. The van der Waals surface area contributed by atoms with E-state index in [4.69, 9.17) is 5.26 Å². The van der Waals surface area contributed by atoms with Crippen molar-refractivity contribution in [2.24, 2.45) is 0 Å². The molecule has 1 unspecified atom stereocenters. The Kier molecular flexibility index (Phi) is 4.56. The summed E-state index contributed by atoms with van der Waals surface area (Å²) in [4.78, 5) is 2.44. The molecule has 0 spiro atoms. The van der Waals surface area contributed by atoms with Crippen LogP contribution in [-0.4, -0.2) is 37.1 Å². The Bertz CT molecular complexity index is 230. The molecular weight excluding hydrogens is 186 g/mol. The molecule has 0 heterocycles. The van der Waals surface area contributed by atoms with Crippen LogP contribution in [0.15, 0.2) is 0 Å². The summed E-state index contributed by atoms with van der Waals surface area (Å²) in [7, 11) is 4.06. The van der Waals surface area contributed by atoms with E-state index >= 15 is 0 Å². The zero-order chi connectivity index (χ0) is 11.3. The van der Waals surface area contributed by atoms with Gasteiger partial charge in [-0.1, -0.05) is 6.42 Å². The molecule has 0 saturated heterocycles. The zero-order valence-corrected chi connectivity index (χ0v) is 10.2. The van der Waals surface area contributed by atoms with Gasteiger partial charge in [0.25, 0.3) is 0 Å². The van der Waals surface area contributed by atoms with E-state index < -0.39 is 0 Å². The zero-order valence-electron chi connectivity index (χ0n) is 10.2. The maximum Gasteiger partial charge on any atom is 0.103 e. The molecule has 0 aromatic carbocycles. The molecule has 86 valence electrons. The largest absolute Gasteiger partial charge is 0.303 e. The van der Waals surface area contributed by atoms with Crippen molar-refractivity contribution < 1.29 is 0 Å². The second-order valence-electron chi connectivity index (χ2n) is 4.86. The molecule has 0 aromatic heterocycles. The number of nitrogens with one attached hydrogen (secondary N) is 1. The molecule has 1 atom stereocenters. The third kappa shape index (κ3) is 3.48. The molecule has 1 aliphatic rings. The number of hydrogen-bond donors (Lipinski definition) is 1. The predicted octanol–water partition coefficient (Wildman–Crippen LogP) is 1.75. The van der Waals surface area contributed by atoms with Crippen LogP contribution in [0, 0.1) is 11.3 Å². The fraction of sp³-hybridized carbons (Fsp3) is 0.917. The van der Waals surface area contributed by atoms with Crippen LogP contribution in [0.4, 0.5) is 0 Å². The molecule has 1 fully saturated rings. The molecular formula is C12H23N3. The van der Waals surface area contributed by atoms with Crippen LogP contribution < -0.4 is 5.32 Å². The van der Waals surface area contributed by atoms with Crippen LogP contribution in [-0.2, 0) is 0 Å². The summed E-state index contributed by atoms with van der Waals surface area (Å²) in [6, 6.07) is 3.14. The molecule has 1 N–H and O–H groups in total. The van der Waals surface area contributed by atoms with Gasteiger partial charge >= 0.3 is 0 Å². The summed E-state index contributed by atoms with van der Waals surface area (Å²) in [5.41, 5.74) is -0.347. The van der Waals surface area contributed by atoms with Gasteiger partial charge < -0.3 is 10.2 Å². The van der Waals surface area contributed by atoms with E-state index in [1.54, 1.807) is 0 Å². The Morgan fingerprint density at radius 1 is 1.53 bits per heavy atom. The van der Waals surface area contributed by atoms with Gasteiger partial charge in [-0.2, -0.15) is 5.26 Å². The molecule has 0 aliphatic heterocycles. The quantitative estimate of drug-likeness (QED) is 0.724. The highest BCUT2D eigenvalue weighted by Gasteiger charge is 2.24. The SMILES string of the molecule is CNC(C)(C#N)CCCN(C)C1CCC1. The van der Waals surface area contributed by atoms with Gasteiger partial charge in [0.15, 0.2) is 0 Å². The minimum absolute atomic E-state index is 0.347. The van der Waals surface area contributed by atoms with E-state index in [2.05, 4.69) is 23.3 Å². The van der Waals surface area contributed by atoms with Crippen LogP contribution in [0.1, 0.15) is 39.0 Å². The Labute approximate surface area is 93.5 Å². The lowest BCUT2D eigenvalue weighted by molar-refractivity contribution is 0.154. The van der Waals surface area contributed by atoms with Crippen LogP contribution in [0.5, 0.6) is 0 Å². The van der Waals surface area contributed by atoms with Crippen molar-refractivity contribution in [3.05, 3.63) is 0 Å². The second-order valence-corrected chi connectivity index (χ2v) is 4.86. The predicted molar refractivity (Wildman–Crippen MR) is 62.6 cm³/mol. The van der Waals surface area contributed by atoms with E-state index in [0.29, 0.717) is 0 Å². The van der Waals surface area contributed by atoms with Gasteiger partial charge in [0.05, 0.1) is 6.07 Å². The van der Waals surface area contributed by atoms with Crippen molar-refractivity contribution in [3.8, 4) is 6.07 Å². The molecule has 0 radical (unpaired) electrons. The van der Waals surface area contributed by atoms with Crippen molar-refractivity contribution in [2.75, 3.05) is 20.6 Å². The highest BCUT2D eigenvalue weighted by molar-refractivity contribution is 5.02. The number of rotatable bonds is 6. The lowest BCUT2D eigenvalue weighted by atomic mass is 9.91. The lowest BCUT2D eigenvalue weighted by Gasteiger charge is -2.35. The molecule has 1 aliphatic carbocycles. The van der Waals surface area contributed by atoms with Gasteiger partial charge in [0.1, 0.15) is 5.54 Å². The number of hydrogen-bond acceptors (Lipinski definition) is 3. The first kappa shape index (κ1) is 12.5. The Balaban J connectivity index is 2.17. The summed E-state index contributed by atoms with van der Waals surface area (Å²) in [5, 5.41) is 12.1. The summed E-state index contributed by atoms with van der Waals surface area (Å²) in [6.07, 6.45) is 6.13. The maximum absolute atomic E-state index is 8.99. The van der Waals surface area contributed by atoms with Crippen LogP contribution in [0.2, 0.25) is 0 Å². The topological polar surface area (TPSA) is 39.1 Å². The minimum atomic E-state index is -0.347. The molecule has 0 amide bonds. The summed E-state index contributed by atoms with van der Waals surface area (Å²) >= 11 is 0. The highest BCUT2D eigenvalue weighted by Crippen LogP contribution is 2.24. The normalized spacial score (nSPS) is 20.7. The maximum atomic E-state index is 8.99. The van der Waals surface area contributed by atoms with Gasteiger partial charge in [0.2, 0.25) is 0 Å². The van der Waals surface area contributed by atoms with E-state index in [1.165, 1.54) is 19.3 Å². The fourth-order valence-corrected chi connectivity index (χ4v) is 1.93. The van der Waals surface area contributed by atoms with E-state index in [9.17, 15) is 0 Å². The van der Waals surface area contributed by atoms with Crippen molar-refractivity contribution >= 4 is 0 Å². The molecule has 0 bridgehead atoms. The van der Waals surface area contributed by atoms with Gasteiger partial charge in [-0.05, 0) is 53.2 Å². The van der Waals surface area contributed by atoms with Crippen LogP contribution >= 0.6 is 0 Å². The average molecular weight is 209 g/mol. The van der Waals surface area contributed by atoms with Gasteiger partial charge in [-0.3, -0.25) is 0 Å². The second kappa shape index (κ2) is 5.48. The highest BCUT2D eigenvalue weighted by atomic mass is 15.1. The van der Waals surface area contributed by atoms with E-state index in [0.717, 1.165) is 25.4 Å². The van der Waals surface area contributed by atoms with Crippen LogP contribution in [0.3, 0.4) is 0 Å². The monoisotopic (exact) mass is 209 g/mol. The lowest BCUT2D eigenvalue weighted by Crippen LogP contribution is -2.41. The van der Waals surface area contributed by atoms with Crippen LogP contribution in [0.25, 0.3) is 0 Å². The Hall–Kier alpha value is -0.590. The van der Waals surface area contributed by atoms with E-state index in [1.807, 2.05) is 14.0 Å². The smallest absolute Gasteiger partial charge is 0.103 e. The summed E-state index contributed by atoms with van der Waals surface area (Å²) in [6.45, 7) is 3.08. The van der Waals surface area contributed by atoms with Gasteiger partial charge in [-0.15, -0.1) is 0 Å². The first-order valence-electron chi connectivity index (χ1n) is 5.92. The van der Waals surface area contributed by atoms with Crippen molar-refractivity contribution in [3.63, 3.8) is 0 Å². The summed E-state index contributed by atoms with van der Waals surface area (Å²) in [5.74, 6) is 0. The average Bonchev–Trinajstić information content (AvgIpc) is 2.15. The van der Waals surface area contributed by atoms with Gasteiger partial charge in [0, 0.05) is 6.04 Å². The van der Waals surface area contributed by atoms with Crippen molar-refractivity contribution in [2.45, 2.75) is 50.6 Å². The standard InChI is InChI=1S/C12H23N3/c1-12(10-13,14-2)8-5-9-15(3)11-6-4-7-11/h11,14H,4-9H2,1-3H3. The molecule has 0 aromatic rings. The first-order chi connectivity index (χ1) is 7.11. The summed E-state index contributed by atoms with van der Waals surface area (Å²) < 4.78 is 0. The van der Waals surface area contributed by atoms with E-state index in [-0.39, 0.29) is 5.54 Å². The first-order valence-corrected chi connectivity index (χ1v) is 5.92. The van der Waals surface area contributed by atoms with Crippen molar-refractivity contribution in [1.82, 2.24) is 10.2 Å². The fourth-order valence-electron chi connectivity index (χ4n) is 1.93. The Morgan fingerprint density at radius 2 is 2.20 bits per heavy atom. The minimum Gasteiger partial charge on any atom is -0.303 e.